The van der Waals surface area contributed by atoms with E-state index in [1.165, 1.54) is 10.8 Å². The molecule has 1 aliphatic heterocycles. The van der Waals surface area contributed by atoms with E-state index in [2.05, 4.69) is 20.6 Å². The van der Waals surface area contributed by atoms with Gasteiger partial charge in [-0.1, -0.05) is 0 Å². The number of nitrogens with one attached hydrogen (secondary N) is 2. The summed E-state index contributed by atoms with van der Waals surface area (Å²) in [6.07, 6.45) is 4.33. The Morgan fingerprint density at radius 1 is 1.28 bits per heavy atom. The van der Waals surface area contributed by atoms with Crippen LogP contribution in [0.3, 0.4) is 0 Å². The van der Waals surface area contributed by atoms with Crippen molar-refractivity contribution in [2.45, 2.75) is 38.8 Å². The SMILES string of the molecule is CC(C)n1cc(-c2nc(NC3CCNCC3)ncc2F)cc(F)c1=O. The molecule has 6 nitrogen and oxygen atoms in total. The average Bonchev–Trinajstić information content (AvgIpc) is 2.59. The molecule has 3 rings (SSSR count). The van der Waals surface area contributed by atoms with Crippen LogP contribution in [0, 0.1) is 11.6 Å². The fourth-order valence-corrected chi connectivity index (χ4v) is 2.87. The van der Waals surface area contributed by atoms with E-state index >= 15 is 0 Å². The summed E-state index contributed by atoms with van der Waals surface area (Å²) >= 11 is 0. The van der Waals surface area contributed by atoms with Gasteiger partial charge in [-0.15, -0.1) is 0 Å². The molecule has 2 aromatic heterocycles. The van der Waals surface area contributed by atoms with Crippen LogP contribution in [0.2, 0.25) is 0 Å². The smallest absolute Gasteiger partial charge is 0.286 e. The highest BCUT2D eigenvalue weighted by Gasteiger charge is 2.17. The molecule has 2 aromatic rings. The maximum atomic E-state index is 14.2. The van der Waals surface area contributed by atoms with Crippen molar-refractivity contribution in [3.63, 3.8) is 0 Å². The molecule has 1 fully saturated rings. The second-order valence-electron chi connectivity index (χ2n) is 6.44. The van der Waals surface area contributed by atoms with Gasteiger partial charge in [0.05, 0.1) is 6.20 Å². The van der Waals surface area contributed by atoms with E-state index in [-0.39, 0.29) is 23.3 Å². The van der Waals surface area contributed by atoms with Gasteiger partial charge in [0.2, 0.25) is 5.95 Å². The molecule has 0 saturated carbocycles. The van der Waals surface area contributed by atoms with Crippen LogP contribution >= 0.6 is 0 Å². The Morgan fingerprint density at radius 2 is 2.00 bits per heavy atom. The van der Waals surface area contributed by atoms with Crippen LogP contribution in [0.15, 0.2) is 23.3 Å². The molecule has 0 amide bonds. The van der Waals surface area contributed by atoms with E-state index in [4.69, 9.17) is 0 Å². The summed E-state index contributed by atoms with van der Waals surface area (Å²) in [4.78, 5) is 20.0. The predicted molar refractivity (Wildman–Crippen MR) is 91.5 cm³/mol. The summed E-state index contributed by atoms with van der Waals surface area (Å²) in [5.74, 6) is -1.30. The lowest BCUT2D eigenvalue weighted by Crippen LogP contribution is -2.35. The highest BCUT2D eigenvalue weighted by atomic mass is 19.1. The fourth-order valence-electron chi connectivity index (χ4n) is 2.87. The van der Waals surface area contributed by atoms with Crippen molar-refractivity contribution in [1.29, 1.82) is 0 Å². The highest BCUT2D eigenvalue weighted by Crippen LogP contribution is 2.22. The van der Waals surface area contributed by atoms with Crippen molar-refractivity contribution in [3.05, 3.63) is 40.4 Å². The topological polar surface area (TPSA) is 71.8 Å². The van der Waals surface area contributed by atoms with Crippen LogP contribution in [0.1, 0.15) is 32.7 Å². The summed E-state index contributed by atoms with van der Waals surface area (Å²) in [5.41, 5.74) is -0.555. The number of piperidine rings is 1. The molecule has 1 saturated heterocycles. The maximum absolute atomic E-state index is 14.2. The molecular weight excluding hydrogens is 328 g/mol. The normalized spacial score (nSPS) is 15.6. The third-order valence-corrected chi connectivity index (χ3v) is 4.25. The van der Waals surface area contributed by atoms with Gasteiger partial charge in [-0.2, -0.15) is 0 Å². The van der Waals surface area contributed by atoms with Gasteiger partial charge in [-0.05, 0) is 45.8 Å². The van der Waals surface area contributed by atoms with Crippen LogP contribution in [-0.2, 0) is 0 Å². The summed E-state index contributed by atoms with van der Waals surface area (Å²) in [6, 6.07) is 0.973. The second kappa shape index (κ2) is 7.26. The van der Waals surface area contributed by atoms with Crippen LogP contribution in [0.5, 0.6) is 0 Å². The number of nitrogens with zero attached hydrogens (tertiary/aromatic N) is 3. The minimum absolute atomic E-state index is 0.0280. The number of aromatic nitrogens is 3. The van der Waals surface area contributed by atoms with Gasteiger partial charge in [0, 0.05) is 23.8 Å². The molecule has 8 heteroatoms. The molecule has 0 atom stereocenters. The summed E-state index contributed by atoms with van der Waals surface area (Å²) in [5, 5.41) is 6.45. The molecule has 3 heterocycles. The van der Waals surface area contributed by atoms with Crippen LogP contribution < -0.4 is 16.2 Å². The minimum atomic E-state index is -0.933. The van der Waals surface area contributed by atoms with Crippen molar-refractivity contribution in [3.8, 4) is 11.3 Å². The van der Waals surface area contributed by atoms with E-state index in [9.17, 15) is 13.6 Å². The Hall–Kier alpha value is -2.35. The number of rotatable bonds is 4. The van der Waals surface area contributed by atoms with Crippen molar-refractivity contribution in [2.75, 3.05) is 18.4 Å². The molecule has 0 spiro atoms. The van der Waals surface area contributed by atoms with Crippen LogP contribution in [-0.4, -0.2) is 33.7 Å². The molecule has 134 valence electrons. The van der Waals surface area contributed by atoms with Crippen molar-refractivity contribution in [2.24, 2.45) is 0 Å². The molecule has 25 heavy (non-hydrogen) atoms. The molecule has 0 unspecified atom stereocenters. The van der Waals surface area contributed by atoms with Gasteiger partial charge in [0.1, 0.15) is 5.69 Å². The number of hydrogen-bond donors (Lipinski definition) is 2. The average molecular weight is 349 g/mol. The Balaban J connectivity index is 1.96. The van der Waals surface area contributed by atoms with E-state index in [0.717, 1.165) is 38.2 Å². The minimum Gasteiger partial charge on any atom is -0.351 e. The van der Waals surface area contributed by atoms with E-state index < -0.39 is 17.2 Å². The molecule has 0 aromatic carbocycles. The molecular formula is C17H21F2N5O. The maximum Gasteiger partial charge on any atom is 0.286 e. The first-order valence-electron chi connectivity index (χ1n) is 8.37. The number of hydrogen-bond acceptors (Lipinski definition) is 5. The first-order valence-corrected chi connectivity index (χ1v) is 8.37. The van der Waals surface area contributed by atoms with E-state index in [1.54, 1.807) is 13.8 Å². The van der Waals surface area contributed by atoms with Gasteiger partial charge in [0.25, 0.3) is 5.56 Å². The Morgan fingerprint density at radius 3 is 2.68 bits per heavy atom. The Kier molecular flexibility index (Phi) is 5.08. The molecule has 2 N–H and O–H groups in total. The van der Waals surface area contributed by atoms with Gasteiger partial charge < -0.3 is 15.2 Å². The zero-order chi connectivity index (χ0) is 18.0. The number of anilines is 1. The fraction of sp³-hybridized carbons (Fsp3) is 0.471. The molecule has 0 aliphatic carbocycles. The third kappa shape index (κ3) is 3.84. The van der Waals surface area contributed by atoms with Crippen molar-refractivity contribution < 1.29 is 8.78 Å². The van der Waals surface area contributed by atoms with Gasteiger partial charge >= 0.3 is 0 Å². The summed E-state index contributed by atoms with van der Waals surface area (Å²) < 4.78 is 29.4. The summed E-state index contributed by atoms with van der Waals surface area (Å²) in [6.45, 7) is 5.31. The van der Waals surface area contributed by atoms with Crippen LogP contribution in [0.25, 0.3) is 11.3 Å². The zero-order valence-corrected chi connectivity index (χ0v) is 14.2. The van der Waals surface area contributed by atoms with Gasteiger partial charge in [-0.25, -0.2) is 18.7 Å². The number of pyridine rings is 1. The molecule has 1 aliphatic rings. The van der Waals surface area contributed by atoms with Crippen molar-refractivity contribution >= 4 is 5.95 Å². The Bertz CT molecular complexity index is 815. The lowest BCUT2D eigenvalue weighted by atomic mass is 10.1. The monoisotopic (exact) mass is 349 g/mol. The first-order chi connectivity index (χ1) is 12.0. The van der Waals surface area contributed by atoms with Gasteiger partial charge in [0.15, 0.2) is 11.6 Å². The lowest BCUT2D eigenvalue weighted by Gasteiger charge is -2.23. The Labute approximate surface area is 144 Å². The second-order valence-corrected chi connectivity index (χ2v) is 6.44. The quantitative estimate of drug-likeness (QED) is 0.886. The van der Waals surface area contributed by atoms with E-state index in [0.29, 0.717) is 5.95 Å². The lowest BCUT2D eigenvalue weighted by molar-refractivity contribution is 0.477. The largest absolute Gasteiger partial charge is 0.351 e. The highest BCUT2D eigenvalue weighted by molar-refractivity contribution is 5.59. The first kappa shape index (κ1) is 17.5. The zero-order valence-electron chi connectivity index (χ0n) is 14.2. The summed E-state index contributed by atoms with van der Waals surface area (Å²) in [7, 11) is 0. The number of halogens is 2. The third-order valence-electron chi connectivity index (χ3n) is 4.25. The van der Waals surface area contributed by atoms with Crippen LogP contribution in [0.4, 0.5) is 14.7 Å². The van der Waals surface area contributed by atoms with Gasteiger partial charge in [-0.3, -0.25) is 4.79 Å². The standard InChI is InChI=1S/C17H21F2N5O/c1-10(2)24-9-11(7-13(18)16(24)25)15-14(19)8-21-17(23-15)22-12-3-5-20-6-4-12/h7-10,12,20H,3-6H2,1-2H3,(H,21,22,23). The molecule has 0 radical (unpaired) electrons. The molecule has 0 bridgehead atoms. The van der Waals surface area contributed by atoms with E-state index in [1.807, 2.05) is 0 Å². The predicted octanol–water partition coefficient (Wildman–Crippen LogP) is 2.33. The van der Waals surface area contributed by atoms with Crippen molar-refractivity contribution in [1.82, 2.24) is 19.9 Å².